The number of carbonyl (C=O) groups is 2. The van der Waals surface area contributed by atoms with Gasteiger partial charge in [0.1, 0.15) is 12.6 Å². The van der Waals surface area contributed by atoms with Crippen LogP contribution in [0.1, 0.15) is 50.2 Å². The summed E-state index contributed by atoms with van der Waals surface area (Å²) in [6, 6.07) is 22.0. The Morgan fingerprint density at radius 3 is 2.27 bits per heavy atom. The maximum atomic E-state index is 14.0. The molecule has 2 amide bonds. The number of carbonyl (C=O) groups excluding carboxylic acids is 2. The highest BCUT2D eigenvalue weighted by atomic mass is 79.9. The fraction of sp³-hybridized carbons (Fsp3) is 0.355. The van der Waals surface area contributed by atoms with Gasteiger partial charge in [-0.3, -0.25) is 13.9 Å². The molecule has 1 fully saturated rings. The number of amides is 2. The molecule has 0 saturated heterocycles. The highest BCUT2D eigenvalue weighted by molar-refractivity contribution is 9.10. The molecule has 1 aliphatic carbocycles. The molecule has 4 rings (SSSR count). The van der Waals surface area contributed by atoms with Gasteiger partial charge in [0, 0.05) is 17.1 Å². The first-order valence-corrected chi connectivity index (χ1v) is 15.9. The third-order valence-electron chi connectivity index (χ3n) is 7.29. The van der Waals surface area contributed by atoms with E-state index in [1.807, 2.05) is 31.2 Å². The molecule has 212 valence electrons. The molecule has 1 aliphatic rings. The maximum Gasteiger partial charge on any atom is 0.264 e. The SMILES string of the molecule is Cc1ccc(S(=O)(=O)N(CC(=O)N(Cc2cccc(Br)c2)[C@H](C)C(=O)NC2CCCCC2)c2ccccc2)cc1. The van der Waals surface area contributed by atoms with Gasteiger partial charge in [-0.15, -0.1) is 0 Å². The number of anilines is 1. The van der Waals surface area contributed by atoms with Gasteiger partial charge in [-0.1, -0.05) is 83.2 Å². The van der Waals surface area contributed by atoms with Crippen LogP contribution in [0.25, 0.3) is 0 Å². The lowest BCUT2D eigenvalue weighted by atomic mass is 9.95. The van der Waals surface area contributed by atoms with Gasteiger partial charge in [-0.25, -0.2) is 8.42 Å². The third kappa shape index (κ3) is 7.52. The average Bonchev–Trinajstić information content (AvgIpc) is 2.95. The van der Waals surface area contributed by atoms with Gasteiger partial charge in [0.2, 0.25) is 11.8 Å². The van der Waals surface area contributed by atoms with Gasteiger partial charge in [-0.2, -0.15) is 0 Å². The van der Waals surface area contributed by atoms with Crippen molar-refractivity contribution in [2.45, 2.75) is 69.5 Å². The zero-order chi connectivity index (χ0) is 28.7. The second kappa shape index (κ2) is 13.5. The first-order valence-electron chi connectivity index (χ1n) is 13.6. The monoisotopic (exact) mass is 625 g/mol. The number of benzene rings is 3. The van der Waals surface area contributed by atoms with Gasteiger partial charge >= 0.3 is 0 Å². The summed E-state index contributed by atoms with van der Waals surface area (Å²) in [4.78, 5) is 29.0. The van der Waals surface area contributed by atoms with E-state index in [1.165, 1.54) is 11.3 Å². The van der Waals surface area contributed by atoms with E-state index < -0.39 is 28.5 Å². The van der Waals surface area contributed by atoms with E-state index in [2.05, 4.69) is 21.2 Å². The van der Waals surface area contributed by atoms with Crippen LogP contribution < -0.4 is 9.62 Å². The van der Waals surface area contributed by atoms with Crippen molar-refractivity contribution in [3.63, 3.8) is 0 Å². The van der Waals surface area contributed by atoms with Gasteiger partial charge < -0.3 is 10.2 Å². The molecule has 0 heterocycles. The fourth-order valence-electron chi connectivity index (χ4n) is 4.94. The Morgan fingerprint density at radius 1 is 0.950 bits per heavy atom. The number of hydrogen-bond donors (Lipinski definition) is 1. The number of sulfonamides is 1. The van der Waals surface area contributed by atoms with Crippen LogP contribution in [0.5, 0.6) is 0 Å². The minimum atomic E-state index is -4.07. The summed E-state index contributed by atoms with van der Waals surface area (Å²) in [6.45, 7) is 3.30. The molecule has 0 unspecified atom stereocenters. The van der Waals surface area contributed by atoms with Crippen LogP contribution in [0.3, 0.4) is 0 Å². The number of aryl methyl sites for hydroxylation is 1. The van der Waals surface area contributed by atoms with Crippen LogP contribution in [0.4, 0.5) is 5.69 Å². The van der Waals surface area contributed by atoms with Crippen molar-refractivity contribution < 1.29 is 18.0 Å². The molecule has 9 heteroatoms. The standard InChI is InChI=1S/C31H36BrN3O4S/c1-23-16-18-29(19-17-23)40(38,39)35(28-14-7-4-8-15-28)22-30(36)34(21-25-10-9-11-26(32)20-25)24(2)31(37)33-27-12-5-3-6-13-27/h4,7-11,14-20,24,27H,3,5-6,12-13,21-22H2,1-2H3,(H,33,37)/t24-/m1/s1. The Balaban J connectivity index is 1.65. The van der Waals surface area contributed by atoms with Crippen molar-refractivity contribution in [1.29, 1.82) is 0 Å². The van der Waals surface area contributed by atoms with E-state index in [9.17, 15) is 18.0 Å². The first-order chi connectivity index (χ1) is 19.1. The molecule has 40 heavy (non-hydrogen) atoms. The Kier molecular flexibility index (Phi) is 10.0. The molecule has 0 bridgehead atoms. The predicted octanol–water partition coefficient (Wildman–Crippen LogP) is 5.82. The maximum absolute atomic E-state index is 14.0. The zero-order valence-corrected chi connectivity index (χ0v) is 25.3. The molecule has 1 N–H and O–H groups in total. The number of halogens is 1. The van der Waals surface area contributed by atoms with Crippen molar-refractivity contribution >= 4 is 43.5 Å². The second-order valence-electron chi connectivity index (χ2n) is 10.3. The zero-order valence-electron chi connectivity index (χ0n) is 22.9. The topological polar surface area (TPSA) is 86.8 Å². The molecule has 7 nitrogen and oxygen atoms in total. The van der Waals surface area contributed by atoms with Crippen molar-refractivity contribution in [2.75, 3.05) is 10.8 Å². The summed E-state index contributed by atoms with van der Waals surface area (Å²) in [5.74, 6) is -0.700. The minimum Gasteiger partial charge on any atom is -0.352 e. The van der Waals surface area contributed by atoms with Gasteiger partial charge in [-0.05, 0) is 68.7 Å². The van der Waals surface area contributed by atoms with Crippen LogP contribution >= 0.6 is 15.9 Å². The molecule has 0 radical (unpaired) electrons. The summed E-state index contributed by atoms with van der Waals surface area (Å²) >= 11 is 3.48. The molecular formula is C31H36BrN3O4S. The van der Waals surface area contributed by atoms with Crippen LogP contribution in [-0.4, -0.2) is 43.8 Å². The van der Waals surface area contributed by atoms with E-state index in [0.717, 1.165) is 45.6 Å². The Morgan fingerprint density at radius 2 is 1.62 bits per heavy atom. The number of hydrogen-bond acceptors (Lipinski definition) is 4. The number of para-hydroxylation sites is 1. The summed E-state index contributed by atoms with van der Waals surface area (Å²) in [5.41, 5.74) is 2.13. The van der Waals surface area contributed by atoms with E-state index >= 15 is 0 Å². The van der Waals surface area contributed by atoms with Gasteiger partial charge in [0.05, 0.1) is 10.6 Å². The lowest BCUT2D eigenvalue weighted by Crippen LogP contribution is -2.53. The lowest BCUT2D eigenvalue weighted by molar-refractivity contribution is -0.139. The van der Waals surface area contributed by atoms with Gasteiger partial charge in [0.15, 0.2) is 0 Å². The summed E-state index contributed by atoms with van der Waals surface area (Å²) in [6.07, 6.45) is 5.16. The van der Waals surface area contributed by atoms with E-state index in [0.29, 0.717) is 5.69 Å². The van der Waals surface area contributed by atoms with E-state index in [1.54, 1.807) is 61.5 Å². The first kappa shape index (κ1) is 29.8. The molecule has 1 atom stereocenters. The molecule has 0 aliphatic heterocycles. The number of nitrogens with one attached hydrogen (secondary N) is 1. The van der Waals surface area contributed by atoms with E-state index in [4.69, 9.17) is 0 Å². The molecule has 1 saturated carbocycles. The van der Waals surface area contributed by atoms with Crippen LogP contribution in [-0.2, 0) is 26.2 Å². The highest BCUT2D eigenvalue weighted by Gasteiger charge is 2.33. The van der Waals surface area contributed by atoms with Crippen LogP contribution in [0, 0.1) is 6.92 Å². The summed E-state index contributed by atoms with van der Waals surface area (Å²) in [7, 11) is -4.07. The molecule has 0 aromatic heterocycles. The van der Waals surface area contributed by atoms with Crippen LogP contribution in [0.2, 0.25) is 0 Å². The Labute approximate surface area is 245 Å². The van der Waals surface area contributed by atoms with E-state index in [-0.39, 0.29) is 23.4 Å². The summed E-state index contributed by atoms with van der Waals surface area (Å²) < 4.78 is 29.7. The minimum absolute atomic E-state index is 0.0919. The average molecular weight is 627 g/mol. The number of nitrogens with zero attached hydrogens (tertiary/aromatic N) is 2. The molecule has 3 aromatic rings. The molecule has 0 spiro atoms. The van der Waals surface area contributed by atoms with Crippen molar-refractivity contribution in [2.24, 2.45) is 0 Å². The number of rotatable bonds is 10. The quantitative estimate of drug-likeness (QED) is 0.308. The normalized spacial score (nSPS) is 14.8. The lowest BCUT2D eigenvalue weighted by Gasteiger charge is -2.33. The molecular weight excluding hydrogens is 590 g/mol. The summed E-state index contributed by atoms with van der Waals surface area (Å²) in [5, 5.41) is 3.12. The Bertz CT molecular complexity index is 1410. The predicted molar refractivity (Wildman–Crippen MR) is 161 cm³/mol. The Hall–Kier alpha value is -3.17. The highest BCUT2D eigenvalue weighted by Crippen LogP contribution is 2.25. The second-order valence-corrected chi connectivity index (χ2v) is 13.1. The molecule has 3 aromatic carbocycles. The van der Waals surface area contributed by atoms with Crippen molar-refractivity contribution in [3.8, 4) is 0 Å². The van der Waals surface area contributed by atoms with Crippen molar-refractivity contribution in [3.05, 3.63) is 94.5 Å². The van der Waals surface area contributed by atoms with Crippen LogP contribution in [0.15, 0.2) is 88.2 Å². The smallest absolute Gasteiger partial charge is 0.264 e. The third-order valence-corrected chi connectivity index (χ3v) is 9.57. The van der Waals surface area contributed by atoms with Gasteiger partial charge in [0.25, 0.3) is 10.0 Å². The fourth-order valence-corrected chi connectivity index (χ4v) is 6.80. The largest absolute Gasteiger partial charge is 0.352 e. The van der Waals surface area contributed by atoms with Crippen molar-refractivity contribution in [1.82, 2.24) is 10.2 Å².